The van der Waals surface area contributed by atoms with Crippen molar-refractivity contribution in [2.45, 2.75) is 25.3 Å². The van der Waals surface area contributed by atoms with Crippen molar-refractivity contribution in [2.75, 3.05) is 13.1 Å². The van der Waals surface area contributed by atoms with Crippen LogP contribution in [0, 0.1) is 5.82 Å². The first-order valence-electron chi connectivity index (χ1n) is 7.37. The summed E-state index contributed by atoms with van der Waals surface area (Å²) in [5, 5.41) is 0. The number of likely N-dealkylation sites (tertiary alicyclic amines) is 1. The molecule has 1 aromatic carbocycles. The zero-order valence-electron chi connectivity index (χ0n) is 11.9. The molecule has 4 heteroatoms. The number of benzene rings is 1. The number of carbonyl (C=O) groups is 1. The van der Waals surface area contributed by atoms with Gasteiger partial charge in [-0.15, -0.1) is 0 Å². The van der Waals surface area contributed by atoms with Crippen molar-refractivity contribution in [3.63, 3.8) is 0 Å². The molecule has 0 bridgehead atoms. The van der Waals surface area contributed by atoms with Crippen molar-refractivity contribution >= 4 is 5.91 Å². The lowest BCUT2D eigenvalue weighted by Crippen LogP contribution is -2.39. The van der Waals surface area contributed by atoms with Gasteiger partial charge in [-0.25, -0.2) is 4.39 Å². The maximum atomic E-state index is 12.9. The average molecular weight is 286 g/mol. The fourth-order valence-electron chi connectivity index (χ4n) is 2.89. The van der Waals surface area contributed by atoms with Crippen LogP contribution in [0.2, 0.25) is 0 Å². The zero-order chi connectivity index (χ0) is 14.7. The highest BCUT2D eigenvalue weighted by molar-refractivity contribution is 5.78. The Kier molecular flexibility index (Phi) is 4.04. The minimum Gasteiger partial charge on any atom is -0.351 e. The van der Waals surface area contributed by atoms with Crippen molar-refractivity contribution in [1.82, 2.24) is 9.47 Å². The van der Waals surface area contributed by atoms with Gasteiger partial charge in [0.2, 0.25) is 5.91 Å². The molecule has 0 spiro atoms. The summed E-state index contributed by atoms with van der Waals surface area (Å²) in [6.45, 7) is 1.59. The highest BCUT2D eigenvalue weighted by atomic mass is 19.1. The van der Waals surface area contributed by atoms with Crippen LogP contribution < -0.4 is 0 Å². The SMILES string of the molecule is O=C(Cc1ccc(F)cc1)N1CCC(n2cccc2)CC1. The molecule has 3 nitrogen and oxygen atoms in total. The molecule has 1 aliphatic heterocycles. The van der Waals surface area contributed by atoms with Gasteiger partial charge in [-0.05, 0) is 42.7 Å². The number of carbonyl (C=O) groups excluding carboxylic acids is 1. The number of hydrogen-bond acceptors (Lipinski definition) is 1. The molecule has 0 saturated carbocycles. The van der Waals surface area contributed by atoms with Crippen LogP contribution in [0.3, 0.4) is 0 Å². The van der Waals surface area contributed by atoms with Crippen molar-refractivity contribution in [1.29, 1.82) is 0 Å². The molecule has 0 radical (unpaired) electrons. The molecule has 2 aromatic rings. The summed E-state index contributed by atoms with van der Waals surface area (Å²) in [4.78, 5) is 14.2. The molecule has 0 atom stereocenters. The van der Waals surface area contributed by atoms with Gasteiger partial charge in [-0.2, -0.15) is 0 Å². The number of rotatable bonds is 3. The Morgan fingerprint density at radius 2 is 1.71 bits per heavy atom. The summed E-state index contributed by atoms with van der Waals surface area (Å²) in [6.07, 6.45) is 6.50. The number of nitrogens with zero attached hydrogens (tertiary/aromatic N) is 2. The first-order chi connectivity index (χ1) is 10.2. The molecule has 110 valence electrons. The van der Waals surface area contributed by atoms with E-state index in [1.165, 1.54) is 12.1 Å². The molecule has 0 aliphatic carbocycles. The molecule has 1 aromatic heterocycles. The second-order valence-electron chi connectivity index (χ2n) is 5.55. The molecule has 1 amide bonds. The van der Waals surface area contributed by atoms with E-state index in [0.29, 0.717) is 12.5 Å². The first-order valence-corrected chi connectivity index (χ1v) is 7.37. The van der Waals surface area contributed by atoms with Crippen LogP contribution >= 0.6 is 0 Å². The first kappa shape index (κ1) is 13.9. The lowest BCUT2D eigenvalue weighted by atomic mass is 10.0. The predicted molar refractivity (Wildman–Crippen MR) is 79.4 cm³/mol. The van der Waals surface area contributed by atoms with E-state index in [9.17, 15) is 9.18 Å². The smallest absolute Gasteiger partial charge is 0.226 e. The summed E-state index contributed by atoms with van der Waals surface area (Å²) in [5.41, 5.74) is 0.869. The molecule has 0 unspecified atom stereocenters. The Hall–Kier alpha value is -2.10. The molecular weight excluding hydrogens is 267 g/mol. The minimum absolute atomic E-state index is 0.132. The van der Waals surface area contributed by atoms with Gasteiger partial charge in [0.1, 0.15) is 5.82 Å². The molecule has 2 heterocycles. The maximum absolute atomic E-state index is 12.9. The topological polar surface area (TPSA) is 25.2 Å². The van der Waals surface area contributed by atoms with E-state index in [-0.39, 0.29) is 11.7 Å². The van der Waals surface area contributed by atoms with Crippen LogP contribution in [0.1, 0.15) is 24.4 Å². The summed E-state index contributed by atoms with van der Waals surface area (Å²) in [7, 11) is 0. The molecule has 21 heavy (non-hydrogen) atoms. The normalized spacial score (nSPS) is 16.1. The van der Waals surface area contributed by atoms with Gasteiger partial charge in [0.05, 0.1) is 6.42 Å². The Morgan fingerprint density at radius 3 is 2.33 bits per heavy atom. The van der Waals surface area contributed by atoms with Gasteiger partial charge in [-0.1, -0.05) is 12.1 Å². The fraction of sp³-hybridized carbons (Fsp3) is 0.353. The average Bonchev–Trinajstić information content (AvgIpc) is 3.04. The van der Waals surface area contributed by atoms with Crippen LogP contribution in [0.5, 0.6) is 0 Å². The predicted octanol–water partition coefficient (Wildman–Crippen LogP) is 3.03. The number of aromatic nitrogens is 1. The third-order valence-electron chi connectivity index (χ3n) is 4.13. The molecule has 1 aliphatic rings. The standard InChI is InChI=1S/C17H19FN2O/c18-15-5-3-14(4-6-15)13-17(21)20-11-7-16(8-12-20)19-9-1-2-10-19/h1-6,9-10,16H,7-8,11-13H2. The highest BCUT2D eigenvalue weighted by Crippen LogP contribution is 2.22. The molecular formula is C17H19FN2O. The van der Waals surface area contributed by atoms with Crippen molar-refractivity contribution in [3.8, 4) is 0 Å². The quantitative estimate of drug-likeness (QED) is 0.851. The summed E-state index contributed by atoms with van der Waals surface area (Å²) in [6, 6.07) is 10.7. The monoisotopic (exact) mass is 286 g/mol. The second-order valence-corrected chi connectivity index (χ2v) is 5.55. The van der Waals surface area contributed by atoms with E-state index in [2.05, 4.69) is 17.0 Å². The van der Waals surface area contributed by atoms with E-state index >= 15 is 0 Å². The highest BCUT2D eigenvalue weighted by Gasteiger charge is 2.23. The molecule has 0 N–H and O–H groups in total. The van der Waals surface area contributed by atoms with E-state index < -0.39 is 0 Å². The van der Waals surface area contributed by atoms with E-state index in [1.807, 2.05) is 17.0 Å². The minimum atomic E-state index is -0.265. The van der Waals surface area contributed by atoms with Crippen molar-refractivity contribution in [2.24, 2.45) is 0 Å². The Bertz CT molecular complexity index is 584. The fourth-order valence-corrected chi connectivity index (χ4v) is 2.89. The zero-order valence-corrected chi connectivity index (χ0v) is 11.9. The van der Waals surface area contributed by atoms with Gasteiger partial charge in [0, 0.05) is 31.5 Å². The summed E-state index contributed by atoms with van der Waals surface area (Å²) in [5.74, 6) is -0.133. The van der Waals surface area contributed by atoms with E-state index in [4.69, 9.17) is 0 Å². The Labute approximate surface area is 124 Å². The largest absolute Gasteiger partial charge is 0.351 e. The van der Waals surface area contributed by atoms with E-state index in [0.717, 1.165) is 31.5 Å². The van der Waals surface area contributed by atoms with Crippen LogP contribution in [0.25, 0.3) is 0 Å². The summed E-state index contributed by atoms with van der Waals surface area (Å²) < 4.78 is 15.1. The maximum Gasteiger partial charge on any atom is 0.226 e. The number of hydrogen-bond donors (Lipinski definition) is 0. The van der Waals surface area contributed by atoms with Gasteiger partial charge < -0.3 is 9.47 Å². The number of halogens is 1. The van der Waals surface area contributed by atoms with Crippen LogP contribution in [0.15, 0.2) is 48.8 Å². The molecule has 1 fully saturated rings. The van der Waals surface area contributed by atoms with Gasteiger partial charge >= 0.3 is 0 Å². The van der Waals surface area contributed by atoms with Crippen LogP contribution in [-0.2, 0) is 11.2 Å². The third-order valence-corrected chi connectivity index (χ3v) is 4.13. The van der Waals surface area contributed by atoms with Crippen LogP contribution in [-0.4, -0.2) is 28.5 Å². The summed E-state index contributed by atoms with van der Waals surface area (Å²) >= 11 is 0. The van der Waals surface area contributed by atoms with Gasteiger partial charge in [0.15, 0.2) is 0 Å². The van der Waals surface area contributed by atoms with Gasteiger partial charge in [-0.3, -0.25) is 4.79 Å². The van der Waals surface area contributed by atoms with Crippen LogP contribution in [0.4, 0.5) is 4.39 Å². The number of amides is 1. The molecule has 1 saturated heterocycles. The Morgan fingerprint density at radius 1 is 1.10 bits per heavy atom. The lowest BCUT2D eigenvalue weighted by molar-refractivity contribution is -0.131. The Balaban J connectivity index is 1.54. The third kappa shape index (κ3) is 3.32. The van der Waals surface area contributed by atoms with Crippen molar-refractivity contribution < 1.29 is 9.18 Å². The van der Waals surface area contributed by atoms with Gasteiger partial charge in [0.25, 0.3) is 0 Å². The molecule has 3 rings (SSSR count). The number of piperidine rings is 1. The van der Waals surface area contributed by atoms with E-state index in [1.54, 1.807) is 12.1 Å². The van der Waals surface area contributed by atoms with Crippen molar-refractivity contribution in [3.05, 3.63) is 60.2 Å². The second kappa shape index (κ2) is 6.12. The lowest BCUT2D eigenvalue weighted by Gasteiger charge is -2.33.